The van der Waals surface area contributed by atoms with Crippen molar-refractivity contribution in [3.05, 3.63) is 70.8 Å². The summed E-state index contributed by atoms with van der Waals surface area (Å²) >= 11 is 0. The van der Waals surface area contributed by atoms with Crippen LogP contribution in [0.2, 0.25) is 0 Å². The van der Waals surface area contributed by atoms with Crippen molar-refractivity contribution in [2.24, 2.45) is 0 Å². The Bertz CT molecular complexity index is 781. The molecule has 0 bridgehead atoms. The maximum Gasteiger partial charge on any atom is 0.242 e. The highest BCUT2D eigenvalue weighted by Crippen LogP contribution is 2.15. The highest BCUT2D eigenvalue weighted by molar-refractivity contribution is 5.88. The summed E-state index contributed by atoms with van der Waals surface area (Å²) < 4.78 is 0. The number of hydrogen-bond acceptors (Lipinski definition) is 2. The van der Waals surface area contributed by atoms with E-state index in [9.17, 15) is 9.59 Å². The number of carbonyl (C=O) groups is 2. The molecule has 28 heavy (non-hydrogen) atoms. The minimum Gasteiger partial charge on any atom is -0.352 e. The van der Waals surface area contributed by atoms with Crippen LogP contribution in [-0.4, -0.2) is 28.8 Å². The molecule has 2 aromatic rings. The molecule has 0 aliphatic heterocycles. The van der Waals surface area contributed by atoms with Crippen molar-refractivity contribution in [1.82, 2.24) is 10.2 Å². The molecule has 0 saturated heterocycles. The lowest BCUT2D eigenvalue weighted by atomic mass is 10.0. The first-order valence-electron chi connectivity index (χ1n) is 10.0. The fourth-order valence-electron chi connectivity index (χ4n) is 3.28. The standard InChI is InChI=1S/C24H32N2O2/c1-6-19(4)25-24(28)20(5)26(16-21-10-8-7-9-11-21)23(27)15-22-13-17(2)12-18(3)14-22/h7-14,19-20H,6,15-16H2,1-5H3,(H,25,28)/t19-,20-/m1/s1. The van der Waals surface area contributed by atoms with Crippen molar-refractivity contribution < 1.29 is 9.59 Å². The summed E-state index contributed by atoms with van der Waals surface area (Å²) in [6.45, 7) is 10.3. The Morgan fingerprint density at radius 1 is 0.964 bits per heavy atom. The zero-order valence-corrected chi connectivity index (χ0v) is 17.7. The van der Waals surface area contributed by atoms with E-state index >= 15 is 0 Å². The SMILES string of the molecule is CC[C@@H](C)NC(=O)[C@@H](C)N(Cc1ccccc1)C(=O)Cc1cc(C)cc(C)c1. The smallest absolute Gasteiger partial charge is 0.242 e. The van der Waals surface area contributed by atoms with Crippen LogP contribution in [0.1, 0.15) is 49.4 Å². The molecule has 0 aromatic heterocycles. The van der Waals surface area contributed by atoms with Gasteiger partial charge in [-0.3, -0.25) is 9.59 Å². The lowest BCUT2D eigenvalue weighted by Crippen LogP contribution is -2.49. The minimum absolute atomic E-state index is 0.0411. The summed E-state index contributed by atoms with van der Waals surface area (Å²) in [6, 6.07) is 15.5. The molecule has 2 amide bonds. The summed E-state index contributed by atoms with van der Waals surface area (Å²) in [5.41, 5.74) is 4.27. The van der Waals surface area contributed by atoms with Gasteiger partial charge in [0.1, 0.15) is 6.04 Å². The third kappa shape index (κ3) is 6.22. The zero-order valence-electron chi connectivity index (χ0n) is 17.7. The Labute approximate surface area is 169 Å². The van der Waals surface area contributed by atoms with Crippen LogP contribution >= 0.6 is 0 Å². The number of nitrogens with zero attached hydrogens (tertiary/aromatic N) is 1. The summed E-state index contributed by atoms with van der Waals surface area (Å²) in [5, 5.41) is 3.00. The maximum atomic E-state index is 13.2. The summed E-state index contributed by atoms with van der Waals surface area (Å²) in [5.74, 6) is -0.153. The van der Waals surface area contributed by atoms with E-state index in [1.807, 2.05) is 70.2 Å². The number of nitrogens with one attached hydrogen (secondary N) is 1. The highest BCUT2D eigenvalue weighted by atomic mass is 16.2. The number of benzene rings is 2. The predicted octanol–water partition coefficient (Wildman–Crippen LogP) is 4.18. The van der Waals surface area contributed by atoms with Crippen LogP contribution in [0.25, 0.3) is 0 Å². The number of rotatable bonds is 8. The van der Waals surface area contributed by atoms with Crippen LogP contribution in [0.15, 0.2) is 48.5 Å². The van der Waals surface area contributed by atoms with E-state index in [1.165, 1.54) is 0 Å². The fraction of sp³-hybridized carbons (Fsp3) is 0.417. The predicted molar refractivity (Wildman–Crippen MR) is 114 cm³/mol. The molecule has 0 unspecified atom stereocenters. The summed E-state index contributed by atoms with van der Waals surface area (Å²) in [7, 11) is 0. The molecule has 2 atom stereocenters. The van der Waals surface area contributed by atoms with E-state index in [0.717, 1.165) is 28.7 Å². The quantitative estimate of drug-likeness (QED) is 0.747. The zero-order chi connectivity index (χ0) is 20.7. The average molecular weight is 381 g/mol. The van der Waals surface area contributed by atoms with Gasteiger partial charge in [-0.05, 0) is 45.2 Å². The average Bonchev–Trinajstić information content (AvgIpc) is 2.65. The first-order chi connectivity index (χ1) is 13.3. The van der Waals surface area contributed by atoms with Crippen molar-refractivity contribution in [2.45, 2.75) is 66.1 Å². The van der Waals surface area contributed by atoms with Crippen molar-refractivity contribution in [2.75, 3.05) is 0 Å². The third-order valence-corrected chi connectivity index (χ3v) is 5.00. The molecular weight excluding hydrogens is 348 g/mol. The van der Waals surface area contributed by atoms with Crippen molar-refractivity contribution in [1.29, 1.82) is 0 Å². The van der Waals surface area contributed by atoms with Crippen LogP contribution in [-0.2, 0) is 22.6 Å². The van der Waals surface area contributed by atoms with Gasteiger partial charge in [0.25, 0.3) is 0 Å². The van der Waals surface area contributed by atoms with E-state index in [-0.39, 0.29) is 24.3 Å². The molecule has 4 nitrogen and oxygen atoms in total. The molecule has 2 aromatic carbocycles. The van der Waals surface area contributed by atoms with Crippen LogP contribution in [0.5, 0.6) is 0 Å². The molecule has 150 valence electrons. The Kier molecular flexibility index (Phi) is 7.80. The second kappa shape index (κ2) is 10.1. The van der Waals surface area contributed by atoms with Gasteiger partial charge in [-0.15, -0.1) is 0 Å². The number of amides is 2. The Morgan fingerprint density at radius 2 is 1.57 bits per heavy atom. The highest BCUT2D eigenvalue weighted by Gasteiger charge is 2.26. The Hall–Kier alpha value is -2.62. The third-order valence-electron chi connectivity index (χ3n) is 5.00. The minimum atomic E-state index is -0.535. The van der Waals surface area contributed by atoms with Gasteiger partial charge in [-0.1, -0.05) is 66.6 Å². The van der Waals surface area contributed by atoms with Crippen LogP contribution in [0.3, 0.4) is 0 Å². The normalized spacial score (nSPS) is 12.9. The molecule has 2 rings (SSSR count). The van der Waals surface area contributed by atoms with Crippen LogP contribution in [0, 0.1) is 13.8 Å². The second-order valence-corrected chi connectivity index (χ2v) is 7.67. The van der Waals surface area contributed by atoms with Crippen molar-refractivity contribution >= 4 is 11.8 Å². The molecule has 1 N–H and O–H groups in total. The van der Waals surface area contributed by atoms with E-state index in [4.69, 9.17) is 0 Å². The van der Waals surface area contributed by atoms with Crippen LogP contribution in [0.4, 0.5) is 0 Å². The monoisotopic (exact) mass is 380 g/mol. The number of carbonyl (C=O) groups excluding carboxylic acids is 2. The molecule has 0 aliphatic rings. The second-order valence-electron chi connectivity index (χ2n) is 7.67. The van der Waals surface area contributed by atoms with E-state index in [0.29, 0.717) is 6.54 Å². The van der Waals surface area contributed by atoms with E-state index < -0.39 is 6.04 Å². The van der Waals surface area contributed by atoms with Crippen molar-refractivity contribution in [3.63, 3.8) is 0 Å². The van der Waals surface area contributed by atoms with E-state index in [1.54, 1.807) is 11.8 Å². The molecule has 0 spiro atoms. The summed E-state index contributed by atoms with van der Waals surface area (Å²) in [6.07, 6.45) is 1.14. The van der Waals surface area contributed by atoms with Gasteiger partial charge in [-0.25, -0.2) is 0 Å². The first-order valence-corrected chi connectivity index (χ1v) is 10.0. The number of aryl methyl sites for hydroxylation is 2. The molecule has 0 saturated carbocycles. The Balaban J connectivity index is 2.23. The van der Waals surface area contributed by atoms with Gasteiger partial charge in [0.15, 0.2) is 0 Å². The topological polar surface area (TPSA) is 49.4 Å². The van der Waals surface area contributed by atoms with Gasteiger partial charge >= 0.3 is 0 Å². The number of hydrogen-bond donors (Lipinski definition) is 1. The van der Waals surface area contributed by atoms with Gasteiger partial charge in [-0.2, -0.15) is 0 Å². The Morgan fingerprint density at radius 3 is 2.14 bits per heavy atom. The van der Waals surface area contributed by atoms with Crippen LogP contribution < -0.4 is 5.32 Å². The largest absolute Gasteiger partial charge is 0.352 e. The molecule has 0 heterocycles. The van der Waals surface area contributed by atoms with Gasteiger partial charge in [0.05, 0.1) is 6.42 Å². The summed E-state index contributed by atoms with van der Waals surface area (Å²) in [4.78, 5) is 27.6. The molecule has 0 radical (unpaired) electrons. The lowest BCUT2D eigenvalue weighted by molar-refractivity contribution is -0.140. The molecule has 0 fully saturated rings. The van der Waals surface area contributed by atoms with E-state index in [2.05, 4.69) is 11.4 Å². The van der Waals surface area contributed by atoms with Crippen molar-refractivity contribution in [3.8, 4) is 0 Å². The van der Waals surface area contributed by atoms with Gasteiger partial charge < -0.3 is 10.2 Å². The molecule has 4 heteroatoms. The lowest BCUT2D eigenvalue weighted by Gasteiger charge is -2.30. The van der Waals surface area contributed by atoms with Gasteiger partial charge in [0.2, 0.25) is 11.8 Å². The van der Waals surface area contributed by atoms with Gasteiger partial charge in [0, 0.05) is 12.6 Å². The fourth-order valence-corrected chi connectivity index (χ4v) is 3.28. The molecular formula is C24H32N2O2. The first kappa shape index (κ1) is 21.7. The maximum absolute atomic E-state index is 13.2. The molecule has 0 aliphatic carbocycles.